The van der Waals surface area contributed by atoms with Gasteiger partial charge in [0.2, 0.25) is 0 Å². The number of aryl methyl sites for hydroxylation is 5. The van der Waals surface area contributed by atoms with Gasteiger partial charge in [-0.2, -0.15) is 5.10 Å². The molecule has 1 amide bonds. The molecule has 4 rings (SSSR count). The third kappa shape index (κ3) is 4.17. The van der Waals surface area contributed by atoms with E-state index < -0.39 is 0 Å². The fourth-order valence-corrected chi connectivity index (χ4v) is 4.90. The van der Waals surface area contributed by atoms with E-state index in [1.54, 1.807) is 0 Å². The molecule has 1 N–H and O–H groups in total. The minimum Gasteiger partial charge on any atom is -0.352 e. The molecule has 0 fully saturated rings. The van der Waals surface area contributed by atoms with Crippen molar-refractivity contribution in [2.45, 2.75) is 52.4 Å². The summed E-state index contributed by atoms with van der Waals surface area (Å²) in [5.74, 6) is -0.0293. The number of nitrogens with one attached hydrogen (secondary N) is 1. The molecule has 2 heterocycles. The summed E-state index contributed by atoms with van der Waals surface area (Å²) >= 11 is 1.86. The van der Waals surface area contributed by atoms with E-state index in [-0.39, 0.29) is 5.91 Å². The Kier molecular flexibility index (Phi) is 5.57. The maximum Gasteiger partial charge on any atom is 0.251 e. The van der Waals surface area contributed by atoms with Crippen LogP contribution in [0.25, 0.3) is 5.69 Å². The Bertz CT molecular complexity index is 948. The number of hydrogen-bond acceptors (Lipinski definition) is 4. The molecule has 1 aliphatic carbocycles. The Hall–Kier alpha value is -2.47. The van der Waals surface area contributed by atoms with Gasteiger partial charge in [0.15, 0.2) is 0 Å². The smallest absolute Gasteiger partial charge is 0.251 e. The summed E-state index contributed by atoms with van der Waals surface area (Å²) in [7, 11) is 0. The molecule has 0 saturated carbocycles. The van der Waals surface area contributed by atoms with Gasteiger partial charge in [-0.15, -0.1) is 11.3 Å². The molecule has 0 unspecified atom stereocenters. The van der Waals surface area contributed by atoms with E-state index in [9.17, 15) is 4.79 Å². The number of benzene rings is 1. The van der Waals surface area contributed by atoms with E-state index >= 15 is 0 Å². The van der Waals surface area contributed by atoms with Crippen LogP contribution in [0, 0.1) is 13.8 Å². The number of carbonyl (C=O) groups is 1. The van der Waals surface area contributed by atoms with Crippen LogP contribution in [0.3, 0.4) is 0 Å². The maximum absolute atomic E-state index is 12.4. The van der Waals surface area contributed by atoms with Gasteiger partial charge in [0.1, 0.15) is 0 Å². The zero-order valence-corrected chi connectivity index (χ0v) is 17.3. The summed E-state index contributed by atoms with van der Waals surface area (Å²) < 4.78 is 1.89. The van der Waals surface area contributed by atoms with Crippen molar-refractivity contribution in [1.29, 1.82) is 0 Å². The Morgan fingerprint density at radius 1 is 1.18 bits per heavy atom. The first-order chi connectivity index (χ1) is 13.6. The quantitative estimate of drug-likeness (QED) is 0.638. The lowest BCUT2D eigenvalue weighted by Gasteiger charge is -2.07. The monoisotopic (exact) mass is 394 g/mol. The molecule has 0 bridgehead atoms. The number of aromatic nitrogens is 3. The minimum absolute atomic E-state index is 0.0293. The molecule has 0 atom stereocenters. The van der Waals surface area contributed by atoms with Crippen LogP contribution in [0.2, 0.25) is 0 Å². The number of thiazole rings is 1. The Morgan fingerprint density at radius 2 is 1.96 bits per heavy atom. The van der Waals surface area contributed by atoms with Gasteiger partial charge in [-0.3, -0.25) is 4.79 Å². The van der Waals surface area contributed by atoms with Crippen molar-refractivity contribution in [3.05, 3.63) is 62.9 Å². The van der Waals surface area contributed by atoms with Crippen LogP contribution in [-0.2, 0) is 19.3 Å². The molecule has 3 aromatic rings. The zero-order valence-electron chi connectivity index (χ0n) is 16.5. The summed E-state index contributed by atoms with van der Waals surface area (Å²) in [4.78, 5) is 18.6. The second-order valence-corrected chi connectivity index (χ2v) is 8.60. The van der Waals surface area contributed by atoms with Crippen molar-refractivity contribution in [3.63, 3.8) is 0 Å². The van der Waals surface area contributed by atoms with Gasteiger partial charge in [0.05, 0.1) is 22.1 Å². The van der Waals surface area contributed by atoms with Crippen molar-refractivity contribution in [2.24, 2.45) is 0 Å². The molecular weight excluding hydrogens is 368 g/mol. The summed E-state index contributed by atoms with van der Waals surface area (Å²) in [5.41, 5.74) is 5.03. The van der Waals surface area contributed by atoms with Crippen LogP contribution in [-0.4, -0.2) is 27.2 Å². The highest BCUT2D eigenvalue weighted by Crippen LogP contribution is 2.27. The highest BCUT2D eigenvalue weighted by molar-refractivity contribution is 7.11. The maximum atomic E-state index is 12.4. The molecule has 5 nitrogen and oxygen atoms in total. The fourth-order valence-electron chi connectivity index (χ4n) is 3.70. The highest BCUT2D eigenvalue weighted by Gasteiger charge is 2.15. The highest BCUT2D eigenvalue weighted by atomic mass is 32.1. The van der Waals surface area contributed by atoms with Crippen molar-refractivity contribution in [3.8, 4) is 5.69 Å². The largest absolute Gasteiger partial charge is 0.352 e. The summed E-state index contributed by atoms with van der Waals surface area (Å²) in [6, 6.07) is 9.63. The molecule has 0 aliphatic heterocycles. The molecule has 1 aliphatic rings. The van der Waals surface area contributed by atoms with Crippen LogP contribution in [0.15, 0.2) is 30.3 Å². The molecule has 0 radical (unpaired) electrons. The molecule has 1 aromatic carbocycles. The number of rotatable bonds is 6. The van der Waals surface area contributed by atoms with Crippen molar-refractivity contribution in [2.75, 3.05) is 6.54 Å². The number of carbonyl (C=O) groups excluding carboxylic acids is 1. The van der Waals surface area contributed by atoms with E-state index in [4.69, 9.17) is 4.98 Å². The van der Waals surface area contributed by atoms with Gasteiger partial charge in [0.25, 0.3) is 5.91 Å². The lowest BCUT2D eigenvalue weighted by Crippen LogP contribution is -2.24. The number of amides is 1. The average molecular weight is 395 g/mol. The first-order valence-electron chi connectivity index (χ1n) is 9.99. The summed E-state index contributed by atoms with van der Waals surface area (Å²) in [5, 5.41) is 8.72. The predicted molar refractivity (Wildman–Crippen MR) is 112 cm³/mol. The normalized spacial score (nSPS) is 13.4. The molecule has 0 spiro atoms. The molecule has 146 valence electrons. The van der Waals surface area contributed by atoms with Crippen molar-refractivity contribution >= 4 is 17.2 Å². The van der Waals surface area contributed by atoms with Gasteiger partial charge in [-0.25, -0.2) is 9.67 Å². The Labute approximate surface area is 169 Å². The predicted octanol–water partition coefficient (Wildman–Crippen LogP) is 4.19. The van der Waals surface area contributed by atoms with E-state index in [0.717, 1.165) is 36.3 Å². The molecule has 0 saturated heterocycles. The van der Waals surface area contributed by atoms with E-state index in [2.05, 4.69) is 10.4 Å². The minimum atomic E-state index is -0.0293. The van der Waals surface area contributed by atoms with Gasteiger partial charge >= 0.3 is 0 Å². The van der Waals surface area contributed by atoms with Gasteiger partial charge in [-0.05, 0) is 76.3 Å². The van der Waals surface area contributed by atoms with Crippen LogP contribution in [0.5, 0.6) is 0 Å². The second-order valence-electron chi connectivity index (χ2n) is 7.43. The topological polar surface area (TPSA) is 59.8 Å². The van der Waals surface area contributed by atoms with Crippen molar-refractivity contribution in [1.82, 2.24) is 20.1 Å². The van der Waals surface area contributed by atoms with E-state index in [1.807, 2.05) is 60.2 Å². The average Bonchev–Trinajstić information content (AvgIpc) is 3.27. The number of hydrogen-bond donors (Lipinski definition) is 1. The van der Waals surface area contributed by atoms with Gasteiger partial charge in [0, 0.05) is 29.1 Å². The van der Waals surface area contributed by atoms with E-state index in [1.165, 1.54) is 34.8 Å². The van der Waals surface area contributed by atoms with Crippen LogP contribution >= 0.6 is 11.3 Å². The Balaban J connectivity index is 1.28. The molecule has 28 heavy (non-hydrogen) atoms. The first-order valence-corrected chi connectivity index (χ1v) is 10.8. The van der Waals surface area contributed by atoms with Gasteiger partial charge in [-0.1, -0.05) is 0 Å². The third-order valence-electron chi connectivity index (χ3n) is 5.13. The van der Waals surface area contributed by atoms with E-state index in [0.29, 0.717) is 12.1 Å². The lowest BCUT2D eigenvalue weighted by molar-refractivity contribution is 0.0953. The van der Waals surface area contributed by atoms with Crippen LogP contribution < -0.4 is 5.32 Å². The lowest BCUT2D eigenvalue weighted by atomic mass is 10.0. The zero-order chi connectivity index (χ0) is 19.5. The second kappa shape index (κ2) is 8.27. The Morgan fingerprint density at radius 3 is 2.68 bits per heavy atom. The van der Waals surface area contributed by atoms with Gasteiger partial charge < -0.3 is 5.32 Å². The molecular formula is C22H26N4OS. The summed E-state index contributed by atoms with van der Waals surface area (Å²) in [6.07, 6.45) is 6.75. The first kappa shape index (κ1) is 18.9. The van der Waals surface area contributed by atoms with Crippen molar-refractivity contribution < 1.29 is 4.79 Å². The third-order valence-corrected chi connectivity index (χ3v) is 6.34. The molecule has 2 aromatic heterocycles. The summed E-state index contributed by atoms with van der Waals surface area (Å²) in [6.45, 7) is 4.67. The van der Waals surface area contributed by atoms with Crippen LogP contribution in [0.1, 0.15) is 56.6 Å². The van der Waals surface area contributed by atoms with Crippen LogP contribution in [0.4, 0.5) is 0 Å². The SMILES string of the molecule is Cc1cc(C)n(-c2ccc(C(=O)NCCCc3nc4c(s3)CCCC4)cc2)n1. The standard InChI is InChI=1S/C22H26N4OS/c1-15-14-16(2)26(25-15)18-11-9-17(10-12-18)22(27)23-13-5-8-21-24-19-6-3-4-7-20(19)28-21/h9-12,14H,3-8,13H2,1-2H3,(H,23,27). The molecule has 6 heteroatoms. The fraction of sp³-hybridized carbons (Fsp3) is 0.409. The number of nitrogens with zero attached hydrogens (tertiary/aromatic N) is 3. The number of fused-ring (bicyclic) bond motifs is 1.